The van der Waals surface area contributed by atoms with Gasteiger partial charge < -0.3 is 0 Å². The highest BCUT2D eigenvalue weighted by Gasteiger charge is 2.12. The molecule has 1 heterocycles. The van der Waals surface area contributed by atoms with E-state index in [1.54, 1.807) is 0 Å². The molecule has 0 bridgehead atoms. The van der Waals surface area contributed by atoms with Crippen LogP contribution in [0.4, 0.5) is 0 Å². The van der Waals surface area contributed by atoms with Gasteiger partial charge in [0.05, 0.1) is 11.4 Å². The molecule has 0 amide bonds. The summed E-state index contributed by atoms with van der Waals surface area (Å²) < 4.78 is 0. The van der Waals surface area contributed by atoms with Gasteiger partial charge in [0.15, 0.2) is 5.82 Å². The minimum atomic E-state index is 0.731. The van der Waals surface area contributed by atoms with Crippen LogP contribution in [0.5, 0.6) is 0 Å². The summed E-state index contributed by atoms with van der Waals surface area (Å²) in [6.07, 6.45) is 0. The maximum Gasteiger partial charge on any atom is 0.160 e. The lowest BCUT2D eigenvalue weighted by Crippen LogP contribution is -1.96. The number of benzene rings is 6. The molecule has 0 unspecified atom stereocenters. The molecule has 2 heteroatoms. The van der Waals surface area contributed by atoms with Crippen molar-refractivity contribution in [2.45, 2.75) is 6.92 Å². The van der Waals surface area contributed by atoms with E-state index >= 15 is 0 Å². The third kappa shape index (κ3) is 4.36. The average molecular weight is 499 g/mol. The largest absolute Gasteiger partial charge is 0.228 e. The monoisotopic (exact) mass is 498 g/mol. The van der Waals surface area contributed by atoms with Crippen LogP contribution in [0.1, 0.15) is 5.56 Å². The molecular weight excluding hydrogens is 472 g/mol. The maximum absolute atomic E-state index is 5.00. The van der Waals surface area contributed by atoms with E-state index in [1.807, 2.05) is 18.2 Å². The van der Waals surface area contributed by atoms with Crippen LogP contribution in [0.15, 0.2) is 140 Å². The Labute approximate surface area is 228 Å². The first-order valence-electron chi connectivity index (χ1n) is 13.3. The Bertz CT molecular complexity index is 1960. The number of hydrogen-bond donors (Lipinski definition) is 0. The smallest absolute Gasteiger partial charge is 0.160 e. The number of fused-ring (bicyclic) bond motifs is 3. The predicted octanol–water partition coefficient (Wildman–Crippen LogP) is 9.76. The van der Waals surface area contributed by atoms with Crippen molar-refractivity contribution in [3.05, 3.63) is 145 Å². The standard InChI is InChI=1S/C37H26N2/c1-25-10-9-14-30(22-25)36-24-35(38-37(39-36)28-11-3-2-4-12-28)27-20-18-26(19-21-27)34-23-29-13-5-6-15-31(29)32-16-7-8-17-33(32)34/h2-24H,1H3. The van der Waals surface area contributed by atoms with E-state index in [0.29, 0.717) is 0 Å². The molecule has 39 heavy (non-hydrogen) atoms. The normalized spacial score (nSPS) is 11.2. The summed E-state index contributed by atoms with van der Waals surface area (Å²) in [6, 6.07) is 49.1. The van der Waals surface area contributed by atoms with Crippen LogP contribution in [-0.4, -0.2) is 9.97 Å². The zero-order chi connectivity index (χ0) is 26.2. The first kappa shape index (κ1) is 23.1. The van der Waals surface area contributed by atoms with Crippen LogP contribution in [0.2, 0.25) is 0 Å². The Morgan fingerprint density at radius 1 is 0.410 bits per heavy atom. The van der Waals surface area contributed by atoms with E-state index in [0.717, 1.165) is 33.9 Å². The molecule has 0 aliphatic heterocycles. The number of hydrogen-bond acceptors (Lipinski definition) is 2. The summed E-state index contributed by atoms with van der Waals surface area (Å²) in [4.78, 5) is 9.96. The van der Waals surface area contributed by atoms with Crippen molar-refractivity contribution in [3.8, 4) is 45.0 Å². The second-order valence-electron chi connectivity index (χ2n) is 9.97. The molecule has 7 rings (SSSR count). The van der Waals surface area contributed by atoms with Gasteiger partial charge >= 0.3 is 0 Å². The van der Waals surface area contributed by atoms with Crippen LogP contribution in [0.25, 0.3) is 66.6 Å². The van der Waals surface area contributed by atoms with Crippen molar-refractivity contribution in [1.29, 1.82) is 0 Å². The number of aromatic nitrogens is 2. The van der Waals surface area contributed by atoms with Crippen LogP contribution < -0.4 is 0 Å². The number of nitrogens with zero attached hydrogens (tertiary/aromatic N) is 2. The van der Waals surface area contributed by atoms with Crippen molar-refractivity contribution in [2.75, 3.05) is 0 Å². The quantitative estimate of drug-likeness (QED) is 0.226. The molecule has 0 saturated carbocycles. The Morgan fingerprint density at radius 3 is 1.79 bits per heavy atom. The van der Waals surface area contributed by atoms with Crippen molar-refractivity contribution in [3.63, 3.8) is 0 Å². The van der Waals surface area contributed by atoms with E-state index < -0.39 is 0 Å². The van der Waals surface area contributed by atoms with E-state index in [1.165, 1.54) is 38.2 Å². The van der Waals surface area contributed by atoms with Crippen molar-refractivity contribution >= 4 is 21.5 Å². The summed E-state index contributed by atoms with van der Waals surface area (Å²) in [5.41, 5.74) is 8.64. The van der Waals surface area contributed by atoms with Gasteiger partial charge in [-0.25, -0.2) is 9.97 Å². The molecule has 0 radical (unpaired) electrons. The third-order valence-corrected chi connectivity index (χ3v) is 7.33. The SMILES string of the molecule is Cc1cccc(-c2cc(-c3ccc(-c4cc5ccccc5c5ccccc45)cc3)nc(-c3ccccc3)n2)c1. The second-order valence-corrected chi connectivity index (χ2v) is 9.97. The van der Waals surface area contributed by atoms with E-state index in [4.69, 9.17) is 9.97 Å². The topological polar surface area (TPSA) is 25.8 Å². The molecule has 0 saturated heterocycles. The van der Waals surface area contributed by atoms with Gasteiger partial charge in [0.2, 0.25) is 0 Å². The fourth-order valence-electron chi connectivity index (χ4n) is 5.38. The van der Waals surface area contributed by atoms with Gasteiger partial charge in [-0.15, -0.1) is 0 Å². The molecule has 7 aromatic rings. The van der Waals surface area contributed by atoms with Crippen molar-refractivity contribution in [1.82, 2.24) is 9.97 Å². The predicted molar refractivity (Wildman–Crippen MR) is 164 cm³/mol. The first-order chi connectivity index (χ1) is 19.2. The third-order valence-electron chi connectivity index (χ3n) is 7.33. The zero-order valence-electron chi connectivity index (χ0n) is 21.7. The highest BCUT2D eigenvalue weighted by atomic mass is 14.9. The molecule has 1 aromatic heterocycles. The average Bonchev–Trinajstić information content (AvgIpc) is 3.01. The molecule has 0 aliphatic carbocycles. The van der Waals surface area contributed by atoms with E-state index in [2.05, 4.69) is 128 Å². The molecule has 0 N–H and O–H groups in total. The first-order valence-corrected chi connectivity index (χ1v) is 13.3. The molecule has 0 aliphatic rings. The summed E-state index contributed by atoms with van der Waals surface area (Å²) >= 11 is 0. The fraction of sp³-hybridized carbons (Fsp3) is 0.0270. The van der Waals surface area contributed by atoms with Crippen molar-refractivity contribution in [2.24, 2.45) is 0 Å². The highest BCUT2D eigenvalue weighted by Crippen LogP contribution is 2.36. The van der Waals surface area contributed by atoms with Gasteiger partial charge in [0, 0.05) is 16.7 Å². The Morgan fingerprint density at radius 2 is 1.03 bits per heavy atom. The lowest BCUT2D eigenvalue weighted by atomic mass is 9.93. The van der Waals surface area contributed by atoms with Gasteiger partial charge in [-0.2, -0.15) is 0 Å². The lowest BCUT2D eigenvalue weighted by molar-refractivity contribution is 1.18. The maximum atomic E-state index is 5.00. The molecular formula is C37H26N2. The van der Waals surface area contributed by atoms with Crippen LogP contribution >= 0.6 is 0 Å². The lowest BCUT2D eigenvalue weighted by Gasteiger charge is -2.12. The highest BCUT2D eigenvalue weighted by molar-refractivity contribution is 6.13. The minimum Gasteiger partial charge on any atom is -0.228 e. The summed E-state index contributed by atoms with van der Waals surface area (Å²) in [7, 11) is 0. The summed E-state index contributed by atoms with van der Waals surface area (Å²) in [5.74, 6) is 0.731. The van der Waals surface area contributed by atoms with Gasteiger partial charge in [-0.05, 0) is 57.8 Å². The van der Waals surface area contributed by atoms with Crippen molar-refractivity contribution < 1.29 is 0 Å². The molecule has 0 atom stereocenters. The van der Waals surface area contributed by atoms with Gasteiger partial charge in [-0.3, -0.25) is 0 Å². The van der Waals surface area contributed by atoms with Crippen LogP contribution in [0.3, 0.4) is 0 Å². The van der Waals surface area contributed by atoms with Crippen LogP contribution in [-0.2, 0) is 0 Å². The number of rotatable bonds is 4. The summed E-state index contributed by atoms with van der Waals surface area (Å²) in [5, 5.41) is 5.08. The molecule has 6 aromatic carbocycles. The van der Waals surface area contributed by atoms with E-state index in [9.17, 15) is 0 Å². The Hall–Kier alpha value is -5.08. The zero-order valence-corrected chi connectivity index (χ0v) is 21.7. The molecule has 0 spiro atoms. The van der Waals surface area contributed by atoms with Crippen LogP contribution in [0, 0.1) is 6.92 Å². The Balaban J connectivity index is 1.36. The molecule has 2 nitrogen and oxygen atoms in total. The van der Waals surface area contributed by atoms with E-state index in [-0.39, 0.29) is 0 Å². The summed E-state index contributed by atoms with van der Waals surface area (Å²) in [6.45, 7) is 2.11. The second kappa shape index (κ2) is 9.66. The van der Waals surface area contributed by atoms with Gasteiger partial charge in [0.25, 0.3) is 0 Å². The molecule has 184 valence electrons. The minimum absolute atomic E-state index is 0.731. The fourth-order valence-corrected chi connectivity index (χ4v) is 5.38. The Kier molecular flexibility index (Phi) is 5.71. The van der Waals surface area contributed by atoms with Gasteiger partial charge in [0.1, 0.15) is 0 Å². The number of aryl methyl sites for hydroxylation is 1. The molecule has 0 fully saturated rings. The van der Waals surface area contributed by atoms with Gasteiger partial charge in [-0.1, -0.05) is 127 Å².